The monoisotopic (exact) mass is 382 g/mol. The maximum Gasteiger partial charge on any atom is 0.316 e. The number of benzene rings is 2. The third-order valence-corrected chi connectivity index (χ3v) is 5.38. The van der Waals surface area contributed by atoms with Gasteiger partial charge in [-0.1, -0.05) is 48.0 Å². The van der Waals surface area contributed by atoms with Crippen LogP contribution in [0.1, 0.15) is 23.1 Å². The van der Waals surface area contributed by atoms with Crippen molar-refractivity contribution in [3.05, 3.63) is 65.2 Å². The molecule has 0 aliphatic carbocycles. The molecule has 27 heavy (non-hydrogen) atoms. The number of carbonyl (C=O) groups excluding carboxylic acids is 2. The molecule has 0 radical (unpaired) electrons. The second kappa shape index (κ2) is 8.86. The van der Waals surface area contributed by atoms with Crippen LogP contribution in [0, 0.1) is 13.8 Å². The lowest BCUT2D eigenvalue weighted by molar-refractivity contribution is -0.149. The van der Waals surface area contributed by atoms with Crippen molar-refractivity contribution in [2.24, 2.45) is 5.10 Å². The highest BCUT2D eigenvalue weighted by atomic mass is 32.2. The molecule has 6 heteroatoms. The van der Waals surface area contributed by atoms with Crippen LogP contribution in [-0.4, -0.2) is 41.5 Å². The summed E-state index contributed by atoms with van der Waals surface area (Å²) in [7, 11) is 0. The van der Waals surface area contributed by atoms with Crippen molar-refractivity contribution in [2.45, 2.75) is 25.2 Å². The maximum absolute atomic E-state index is 12.2. The van der Waals surface area contributed by atoms with Crippen molar-refractivity contribution >= 4 is 29.4 Å². The molecule has 140 valence electrons. The van der Waals surface area contributed by atoms with Gasteiger partial charge in [-0.15, -0.1) is 11.8 Å². The Hall–Kier alpha value is -2.60. The summed E-state index contributed by atoms with van der Waals surface area (Å²) in [6.07, 6.45) is 0.701. The van der Waals surface area contributed by atoms with Crippen LogP contribution in [0.4, 0.5) is 0 Å². The Balaban J connectivity index is 1.46. The molecule has 0 spiro atoms. The van der Waals surface area contributed by atoms with Crippen LogP contribution in [0.5, 0.6) is 0 Å². The number of aryl methyl sites for hydroxylation is 2. The average Bonchev–Trinajstić information content (AvgIpc) is 3.16. The van der Waals surface area contributed by atoms with Gasteiger partial charge in [-0.05, 0) is 31.0 Å². The van der Waals surface area contributed by atoms with Gasteiger partial charge >= 0.3 is 5.97 Å². The quantitative estimate of drug-likeness (QED) is 0.566. The van der Waals surface area contributed by atoms with Crippen LogP contribution >= 0.6 is 11.8 Å². The summed E-state index contributed by atoms with van der Waals surface area (Å²) in [5.74, 6) is -0.527. The smallest absolute Gasteiger partial charge is 0.316 e. The van der Waals surface area contributed by atoms with Crippen LogP contribution in [0.2, 0.25) is 0 Å². The summed E-state index contributed by atoms with van der Waals surface area (Å²) in [4.78, 5) is 25.2. The Morgan fingerprint density at radius 1 is 1.15 bits per heavy atom. The molecule has 0 bridgehead atoms. The molecule has 0 unspecified atom stereocenters. The van der Waals surface area contributed by atoms with Gasteiger partial charge in [0, 0.05) is 11.3 Å². The third-order valence-electron chi connectivity index (χ3n) is 4.23. The van der Waals surface area contributed by atoms with Gasteiger partial charge in [-0.25, -0.2) is 5.01 Å². The fourth-order valence-electron chi connectivity index (χ4n) is 2.83. The summed E-state index contributed by atoms with van der Waals surface area (Å²) in [6, 6.07) is 15.9. The highest BCUT2D eigenvalue weighted by molar-refractivity contribution is 8.00. The molecule has 0 fully saturated rings. The molecular weight excluding hydrogens is 360 g/mol. The van der Waals surface area contributed by atoms with Gasteiger partial charge in [0.15, 0.2) is 6.61 Å². The Bertz CT molecular complexity index is 865. The molecule has 5 nitrogen and oxygen atoms in total. The number of thioether (sulfide) groups is 1. The summed E-state index contributed by atoms with van der Waals surface area (Å²) in [5, 5.41) is 5.74. The minimum atomic E-state index is -0.403. The molecule has 0 aromatic heterocycles. The fraction of sp³-hybridized carbons (Fsp3) is 0.286. The second-order valence-electron chi connectivity index (χ2n) is 6.40. The number of hydrazone groups is 1. The summed E-state index contributed by atoms with van der Waals surface area (Å²) < 4.78 is 5.12. The largest absolute Gasteiger partial charge is 0.455 e. The first kappa shape index (κ1) is 19.2. The fourth-order valence-corrected chi connectivity index (χ4v) is 3.63. The normalized spacial score (nSPS) is 13.4. The van der Waals surface area contributed by atoms with Crippen molar-refractivity contribution in [1.29, 1.82) is 0 Å². The van der Waals surface area contributed by atoms with E-state index in [-0.39, 0.29) is 18.3 Å². The van der Waals surface area contributed by atoms with E-state index in [9.17, 15) is 9.59 Å². The van der Waals surface area contributed by atoms with Crippen LogP contribution in [0.3, 0.4) is 0 Å². The number of hydrogen-bond acceptors (Lipinski definition) is 5. The molecule has 1 aliphatic heterocycles. The van der Waals surface area contributed by atoms with Crippen LogP contribution in [-0.2, 0) is 14.3 Å². The molecule has 0 N–H and O–H groups in total. The van der Waals surface area contributed by atoms with E-state index >= 15 is 0 Å². The van der Waals surface area contributed by atoms with E-state index in [1.807, 2.05) is 56.3 Å². The Labute approximate surface area is 163 Å². The molecule has 0 saturated heterocycles. The number of ether oxygens (including phenoxy) is 1. The number of nitrogens with zero attached hydrogens (tertiary/aromatic N) is 2. The number of carbonyl (C=O) groups is 2. The van der Waals surface area contributed by atoms with Gasteiger partial charge in [-0.3, -0.25) is 9.59 Å². The van der Waals surface area contributed by atoms with Gasteiger partial charge in [0.2, 0.25) is 0 Å². The zero-order valence-electron chi connectivity index (χ0n) is 15.5. The van der Waals surface area contributed by atoms with Crippen molar-refractivity contribution in [2.75, 3.05) is 18.9 Å². The van der Waals surface area contributed by atoms with Crippen molar-refractivity contribution < 1.29 is 14.3 Å². The first-order valence-corrected chi connectivity index (χ1v) is 9.80. The molecular formula is C21H22N2O3S. The minimum Gasteiger partial charge on any atom is -0.455 e. The van der Waals surface area contributed by atoms with Gasteiger partial charge in [0.05, 0.1) is 18.0 Å². The molecule has 0 atom stereocenters. The Kier molecular flexibility index (Phi) is 6.29. The van der Waals surface area contributed by atoms with Crippen LogP contribution in [0.15, 0.2) is 58.5 Å². The van der Waals surface area contributed by atoms with E-state index in [2.05, 4.69) is 11.2 Å². The maximum atomic E-state index is 12.2. The minimum absolute atomic E-state index is 0.176. The predicted molar refractivity (Wildman–Crippen MR) is 107 cm³/mol. The van der Waals surface area contributed by atoms with E-state index < -0.39 is 5.97 Å². The van der Waals surface area contributed by atoms with E-state index in [0.717, 1.165) is 21.7 Å². The van der Waals surface area contributed by atoms with Crippen LogP contribution < -0.4 is 0 Å². The summed E-state index contributed by atoms with van der Waals surface area (Å²) >= 11 is 1.42. The van der Waals surface area contributed by atoms with Crippen molar-refractivity contribution in [1.82, 2.24) is 5.01 Å². The SMILES string of the molecule is Cc1ccc(SCC(=O)OCC(=O)N2CCC(c3ccccc3)=N2)c(C)c1. The second-order valence-corrected chi connectivity index (χ2v) is 7.42. The first-order chi connectivity index (χ1) is 13.0. The van der Waals surface area contributed by atoms with E-state index in [4.69, 9.17) is 4.74 Å². The van der Waals surface area contributed by atoms with E-state index in [0.29, 0.717) is 13.0 Å². The Morgan fingerprint density at radius 3 is 2.67 bits per heavy atom. The van der Waals surface area contributed by atoms with E-state index in [1.54, 1.807) is 0 Å². The number of amides is 1. The number of rotatable bonds is 6. The molecule has 1 aliphatic rings. The molecule has 1 amide bonds. The summed E-state index contributed by atoms with van der Waals surface area (Å²) in [5.41, 5.74) is 4.20. The standard InChI is InChI=1S/C21H22N2O3S/c1-15-8-9-19(16(2)12-15)27-14-21(25)26-13-20(24)23-11-10-18(22-23)17-6-4-3-5-7-17/h3-9,12H,10-11,13-14H2,1-2H3. The van der Waals surface area contributed by atoms with Gasteiger partial charge < -0.3 is 4.74 Å². The average molecular weight is 382 g/mol. The molecule has 2 aromatic rings. The molecule has 3 rings (SSSR count). The molecule has 2 aromatic carbocycles. The topological polar surface area (TPSA) is 59.0 Å². The highest BCUT2D eigenvalue weighted by Crippen LogP contribution is 2.23. The Morgan fingerprint density at radius 2 is 1.93 bits per heavy atom. The zero-order valence-corrected chi connectivity index (χ0v) is 16.3. The van der Waals surface area contributed by atoms with Crippen molar-refractivity contribution in [3.63, 3.8) is 0 Å². The lowest BCUT2D eigenvalue weighted by Gasteiger charge is -2.11. The van der Waals surface area contributed by atoms with Gasteiger partial charge in [-0.2, -0.15) is 5.10 Å². The lowest BCUT2D eigenvalue weighted by Crippen LogP contribution is -2.29. The van der Waals surface area contributed by atoms with Gasteiger partial charge in [0.1, 0.15) is 0 Å². The third kappa shape index (κ3) is 5.20. The molecule has 1 heterocycles. The highest BCUT2D eigenvalue weighted by Gasteiger charge is 2.22. The van der Waals surface area contributed by atoms with E-state index in [1.165, 1.54) is 22.3 Å². The number of esters is 1. The van der Waals surface area contributed by atoms with Crippen LogP contribution in [0.25, 0.3) is 0 Å². The lowest BCUT2D eigenvalue weighted by atomic mass is 10.1. The predicted octanol–water partition coefficient (Wildman–Crippen LogP) is 3.58. The number of hydrogen-bond donors (Lipinski definition) is 0. The van der Waals surface area contributed by atoms with Crippen molar-refractivity contribution in [3.8, 4) is 0 Å². The first-order valence-electron chi connectivity index (χ1n) is 8.82. The van der Waals surface area contributed by atoms with Gasteiger partial charge in [0.25, 0.3) is 5.91 Å². The molecule has 0 saturated carbocycles. The zero-order chi connectivity index (χ0) is 19.2. The summed E-state index contributed by atoms with van der Waals surface area (Å²) in [6.45, 7) is 4.28.